The summed E-state index contributed by atoms with van der Waals surface area (Å²) in [6.07, 6.45) is 2.67. The lowest BCUT2D eigenvalue weighted by Gasteiger charge is -2.15. The van der Waals surface area contributed by atoms with E-state index in [9.17, 15) is 9.90 Å². The number of rotatable bonds is 8. The van der Waals surface area contributed by atoms with Crippen LogP contribution in [0.5, 0.6) is 5.75 Å². The van der Waals surface area contributed by atoms with E-state index in [-0.39, 0.29) is 17.5 Å². The van der Waals surface area contributed by atoms with Gasteiger partial charge in [-0.1, -0.05) is 43.7 Å². The van der Waals surface area contributed by atoms with Gasteiger partial charge in [0.1, 0.15) is 5.75 Å². The summed E-state index contributed by atoms with van der Waals surface area (Å²) in [5.74, 6) is 1.04. The largest absolute Gasteiger partial charge is 0.507 e. The average Bonchev–Trinajstić information content (AvgIpc) is 2.55. The van der Waals surface area contributed by atoms with Crippen molar-refractivity contribution in [2.75, 3.05) is 5.75 Å². The first-order valence-electron chi connectivity index (χ1n) is 7.72. The summed E-state index contributed by atoms with van der Waals surface area (Å²) in [5.41, 5.74) is 0.450. The van der Waals surface area contributed by atoms with Crippen molar-refractivity contribution < 1.29 is 9.90 Å². The minimum Gasteiger partial charge on any atom is -0.507 e. The molecule has 2 rings (SSSR count). The van der Waals surface area contributed by atoms with Crippen LogP contribution >= 0.6 is 11.8 Å². The predicted octanol–water partition coefficient (Wildman–Crippen LogP) is 5.17. The number of phenolic OH excluding ortho intramolecular Hbond substituents is 1. The van der Waals surface area contributed by atoms with E-state index >= 15 is 0 Å². The number of aromatic hydroxyl groups is 1. The van der Waals surface area contributed by atoms with Crippen LogP contribution in [0.1, 0.15) is 36.5 Å². The Morgan fingerprint density at radius 3 is 2.41 bits per heavy atom. The quantitative estimate of drug-likeness (QED) is 0.539. The Bertz CT molecular complexity index is 595. The van der Waals surface area contributed by atoms with Crippen LogP contribution in [0.3, 0.4) is 0 Å². The fraction of sp³-hybridized carbons (Fsp3) is 0.316. The normalized spacial score (nSPS) is 12.0. The van der Waals surface area contributed by atoms with Crippen molar-refractivity contribution in [1.29, 1.82) is 0 Å². The molecule has 2 aromatic carbocycles. The Balaban J connectivity index is 1.97. The molecule has 0 saturated heterocycles. The molecule has 2 aromatic rings. The number of ketones is 1. The van der Waals surface area contributed by atoms with E-state index in [1.54, 1.807) is 36.0 Å². The molecule has 0 bridgehead atoms. The van der Waals surface area contributed by atoms with Crippen LogP contribution in [0, 0.1) is 5.92 Å². The molecule has 0 aliphatic heterocycles. The molecule has 0 saturated carbocycles. The maximum Gasteiger partial charge on any atom is 0.169 e. The summed E-state index contributed by atoms with van der Waals surface area (Å²) in [6.45, 7) is 2.09. The van der Waals surface area contributed by atoms with Gasteiger partial charge in [0.2, 0.25) is 0 Å². The van der Waals surface area contributed by atoms with Crippen molar-refractivity contribution in [2.45, 2.75) is 31.1 Å². The lowest BCUT2D eigenvalue weighted by atomic mass is 9.91. The van der Waals surface area contributed by atoms with Gasteiger partial charge in [-0.25, -0.2) is 0 Å². The minimum atomic E-state index is -0.0190. The Labute approximate surface area is 136 Å². The number of para-hydroxylation sites is 1. The molecule has 0 amide bonds. The van der Waals surface area contributed by atoms with Crippen molar-refractivity contribution in [2.24, 2.45) is 5.92 Å². The standard InChI is InChI=1S/C19H22O2S/c1-2-8-15(13-14-22-16-9-4-3-5-10-16)19(21)17-11-6-7-12-18(17)20/h3-7,9-12,15,20H,2,8,13-14H2,1H3. The number of Topliss-reactive ketones (excluding diaryl/α,β-unsaturated/α-hetero) is 1. The van der Waals surface area contributed by atoms with Gasteiger partial charge < -0.3 is 5.11 Å². The second-order valence-corrected chi connectivity index (χ2v) is 6.49. The first-order valence-corrected chi connectivity index (χ1v) is 8.71. The van der Waals surface area contributed by atoms with Crippen molar-refractivity contribution in [3.05, 3.63) is 60.2 Å². The zero-order valence-corrected chi connectivity index (χ0v) is 13.7. The Hall–Kier alpha value is -1.74. The molecule has 0 radical (unpaired) electrons. The van der Waals surface area contributed by atoms with E-state index < -0.39 is 0 Å². The highest BCUT2D eigenvalue weighted by molar-refractivity contribution is 7.99. The second kappa shape index (κ2) is 8.64. The van der Waals surface area contributed by atoms with E-state index in [4.69, 9.17) is 0 Å². The van der Waals surface area contributed by atoms with Crippen molar-refractivity contribution in [3.63, 3.8) is 0 Å². The van der Waals surface area contributed by atoms with E-state index in [1.165, 1.54) is 4.90 Å². The lowest BCUT2D eigenvalue weighted by molar-refractivity contribution is 0.0907. The van der Waals surface area contributed by atoms with Gasteiger partial charge in [-0.2, -0.15) is 0 Å². The van der Waals surface area contributed by atoms with Crippen molar-refractivity contribution in [3.8, 4) is 5.75 Å². The third-order valence-electron chi connectivity index (χ3n) is 3.66. The fourth-order valence-electron chi connectivity index (χ4n) is 2.49. The van der Waals surface area contributed by atoms with Crippen LogP contribution in [0.4, 0.5) is 0 Å². The highest BCUT2D eigenvalue weighted by Crippen LogP contribution is 2.27. The molecule has 2 nitrogen and oxygen atoms in total. The van der Waals surface area contributed by atoms with Crippen molar-refractivity contribution >= 4 is 17.5 Å². The van der Waals surface area contributed by atoms with E-state index in [0.29, 0.717) is 5.56 Å². The van der Waals surface area contributed by atoms with Crippen LogP contribution in [0.15, 0.2) is 59.5 Å². The summed E-state index contributed by atoms with van der Waals surface area (Å²) in [7, 11) is 0. The van der Waals surface area contributed by atoms with Gasteiger partial charge in [-0.05, 0) is 42.9 Å². The summed E-state index contributed by atoms with van der Waals surface area (Å²) >= 11 is 1.78. The summed E-state index contributed by atoms with van der Waals surface area (Å²) in [4.78, 5) is 13.9. The Morgan fingerprint density at radius 1 is 1.05 bits per heavy atom. The molecule has 3 heteroatoms. The van der Waals surface area contributed by atoms with Crippen molar-refractivity contribution in [1.82, 2.24) is 0 Å². The Kier molecular flexibility index (Phi) is 6.53. The SMILES string of the molecule is CCCC(CCSc1ccccc1)C(=O)c1ccccc1O. The average molecular weight is 314 g/mol. The molecule has 0 aliphatic rings. The zero-order valence-electron chi connectivity index (χ0n) is 12.9. The number of carbonyl (C=O) groups is 1. The number of hydrogen-bond donors (Lipinski definition) is 1. The molecule has 116 valence electrons. The van der Waals surface area contributed by atoms with E-state index in [2.05, 4.69) is 19.1 Å². The van der Waals surface area contributed by atoms with Gasteiger partial charge in [-0.3, -0.25) is 4.79 Å². The molecule has 0 aliphatic carbocycles. The maximum atomic E-state index is 12.6. The molecule has 1 atom stereocenters. The summed E-state index contributed by atoms with van der Waals surface area (Å²) in [6, 6.07) is 17.1. The summed E-state index contributed by atoms with van der Waals surface area (Å²) < 4.78 is 0. The van der Waals surface area contributed by atoms with Crippen LogP contribution in [-0.2, 0) is 0 Å². The van der Waals surface area contributed by atoms with Crippen LogP contribution in [0.25, 0.3) is 0 Å². The molecule has 0 aromatic heterocycles. The van der Waals surface area contributed by atoms with Gasteiger partial charge in [0, 0.05) is 10.8 Å². The third-order valence-corrected chi connectivity index (χ3v) is 4.70. The van der Waals surface area contributed by atoms with Crippen LogP contribution < -0.4 is 0 Å². The highest BCUT2D eigenvalue weighted by Gasteiger charge is 2.21. The topological polar surface area (TPSA) is 37.3 Å². The number of benzene rings is 2. The number of thioether (sulfide) groups is 1. The van der Waals surface area contributed by atoms with Gasteiger partial charge in [0.25, 0.3) is 0 Å². The summed E-state index contributed by atoms with van der Waals surface area (Å²) in [5, 5.41) is 9.88. The van der Waals surface area contributed by atoms with Gasteiger partial charge >= 0.3 is 0 Å². The molecule has 0 fully saturated rings. The zero-order chi connectivity index (χ0) is 15.8. The first kappa shape index (κ1) is 16.6. The van der Waals surface area contributed by atoms with Crippen LogP contribution in [0.2, 0.25) is 0 Å². The van der Waals surface area contributed by atoms with Gasteiger partial charge in [0.05, 0.1) is 5.56 Å². The van der Waals surface area contributed by atoms with Gasteiger partial charge in [-0.15, -0.1) is 11.8 Å². The smallest absolute Gasteiger partial charge is 0.169 e. The molecule has 1 unspecified atom stereocenters. The molecule has 0 spiro atoms. The number of carbonyl (C=O) groups excluding carboxylic acids is 1. The first-order chi connectivity index (χ1) is 10.7. The predicted molar refractivity (Wildman–Crippen MR) is 92.6 cm³/mol. The molecule has 0 heterocycles. The van der Waals surface area contributed by atoms with Gasteiger partial charge in [0.15, 0.2) is 5.78 Å². The van der Waals surface area contributed by atoms with E-state index in [0.717, 1.165) is 25.0 Å². The molecular weight excluding hydrogens is 292 g/mol. The third kappa shape index (κ3) is 4.63. The highest BCUT2D eigenvalue weighted by atomic mass is 32.2. The van der Waals surface area contributed by atoms with E-state index in [1.807, 2.05) is 18.2 Å². The number of phenols is 1. The monoisotopic (exact) mass is 314 g/mol. The maximum absolute atomic E-state index is 12.6. The fourth-order valence-corrected chi connectivity index (χ4v) is 3.48. The molecule has 1 N–H and O–H groups in total. The second-order valence-electron chi connectivity index (χ2n) is 5.32. The molecular formula is C19H22O2S. The molecule has 22 heavy (non-hydrogen) atoms. The number of hydrogen-bond acceptors (Lipinski definition) is 3. The lowest BCUT2D eigenvalue weighted by Crippen LogP contribution is -2.16. The van der Waals surface area contributed by atoms with Crippen LogP contribution in [-0.4, -0.2) is 16.6 Å². The minimum absolute atomic E-state index is 0.0190. The Morgan fingerprint density at radius 2 is 1.73 bits per heavy atom.